The van der Waals surface area contributed by atoms with Gasteiger partial charge in [0.25, 0.3) is 0 Å². The Bertz CT molecular complexity index is 869. The van der Waals surface area contributed by atoms with Gasteiger partial charge in [0.15, 0.2) is 0 Å². The van der Waals surface area contributed by atoms with Crippen molar-refractivity contribution in [3.8, 4) is 0 Å². The SMILES string of the molecule is O=C(NCCCc1ccccc1)N1CCc2[nH]c3ccccc3c2C1. The van der Waals surface area contributed by atoms with Crippen molar-refractivity contribution in [3.63, 3.8) is 0 Å². The molecule has 0 bridgehead atoms. The van der Waals surface area contributed by atoms with Crippen molar-refractivity contribution >= 4 is 16.9 Å². The summed E-state index contributed by atoms with van der Waals surface area (Å²) in [6, 6.07) is 18.8. The van der Waals surface area contributed by atoms with Gasteiger partial charge in [0.05, 0.1) is 0 Å². The van der Waals surface area contributed by atoms with Crippen LogP contribution in [0.15, 0.2) is 54.6 Å². The lowest BCUT2D eigenvalue weighted by molar-refractivity contribution is 0.192. The van der Waals surface area contributed by atoms with E-state index in [-0.39, 0.29) is 6.03 Å². The molecule has 4 nitrogen and oxygen atoms in total. The Hall–Kier alpha value is -2.75. The molecular formula is C21H23N3O. The molecule has 1 aromatic heterocycles. The van der Waals surface area contributed by atoms with Crippen LogP contribution in [0.4, 0.5) is 4.79 Å². The largest absolute Gasteiger partial charge is 0.358 e. The minimum absolute atomic E-state index is 0.0454. The van der Waals surface area contributed by atoms with E-state index in [2.05, 4.69) is 52.8 Å². The molecule has 0 saturated carbocycles. The van der Waals surface area contributed by atoms with E-state index in [1.807, 2.05) is 17.0 Å². The van der Waals surface area contributed by atoms with Crippen molar-refractivity contribution in [1.29, 1.82) is 0 Å². The Balaban J connectivity index is 1.33. The van der Waals surface area contributed by atoms with E-state index in [0.717, 1.165) is 31.3 Å². The van der Waals surface area contributed by atoms with Crippen molar-refractivity contribution in [1.82, 2.24) is 15.2 Å². The third kappa shape index (κ3) is 3.38. The summed E-state index contributed by atoms with van der Waals surface area (Å²) in [7, 11) is 0. The average Bonchev–Trinajstić information content (AvgIpc) is 3.04. The van der Waals surface area contributed by atoms with Crippen LogP contribution in [0, 0.1) is 0 Å². The van der Waals surface area contributed by atoms with Crippen molar-refractivity contribution in [2.24, 2.45) is 0 Å². The number of hydrogen-bond acceptors (Lipinski definition) is 1. The van der Waals surface area contributed by atoms with Crippen LogP contribution in [-0.2, 0) is 19.4 Å². The summed E-state index contributed by atoms with van der Waals surface area (Å²) in [6.07, 6.45) is 2.84. The normalized spacial score (nSPS) is 13.7. The van der Waals surface area contributed by atoms with Crippen LogP contribution in [0.5, 0.6) is 0 Å². The summed E-state index contributed by atoms with van der Waals surface area (Å²) in [5, 5.41) is 4.31. The maximum absolute atomic E-state index is 12.5. The lowest BCUT2D eigenvalue weighted by atomic mass is 10.0. The quantitative estimate of drug-likeness (QED) is 0.700. The molecule has 25 heavy (non-hydrogen) atoms. The first-order valence-corrected chi connectivity index (χ1v) is 8.96. The van der Waals surface area contributed by atoms with Gasteiger partial charge in [-0.3, -0.25) is 0 Å². The summed E-state index contributed by atoms with van der Waals surface area (Å²) in [6.45, 7) is 2.17. The van der Waals surface area contributed by atoms with Crippen molar-refractivity contribution < 1.29 is 4.79 Å². The summed E-state index contributed by atoms with van der Waals surface area (Å²) >= 11 is 0. The first kappa shape index (κ1) is 15.8. The number of fused-ring (bicyclic) bond motifs is 3. The molecule has 2 amide bonds. The number of H-pyrrole nitrogens is 1. The fourth-order valence-electron chi connectivity index (χ4n) is 3.58. The number of nitrogens with one attached hydrogen (secondary N) is 2. The predicted octanol–water partition coefficient (Wildman–Crippen LogP) is 3.87. The van der Waals surface area contributed by atoms with Gasteiger partial charge in [0.2, 0.25) is 0 Å². The standard InChI is InChI=1S/C21H23N3O/c25-21(22-13-6-9-16-7-2-1-3-8-16)24-14-12-20-18(15-24)17-10-4-5-11-19(17)23-20/h1-5,7-8,10-11,23H,6,9,12-15H2,(H,22,25). The minimum atomic E-state index is 0.0454. The second-order valence-corrected chi connectivity index (χ2v) is 6.62. The monoisotopic (exact) mass is 333 g/mol. The third-order valence-corrected chi connectivity index (χ3v) is 4.93. The number of aromatic amines is 1. The topological polar surface area (TPSA) is 48.1 Å². The van der Waals surface area contributed by atoms with E-state index >= 15 is 0 Å². The van der Waals surface area contributed by atoms with Crippen LogP contribution in [-0.4, -0.2) is 29.0 Å². The molecule has 2 heterocycles. The molecule has 0 unspecified atom stereocenters. The number of carbonyl (C=O) groups excluding carboxylic acids is 1. The number of para-hydroxylation sites is 1. The molecule has 0 atom stereocenters. The summed E-state index contributed by atoms with van der Waals surface area (Å²) in [5.41, 5.74) is 5.02. The Morgan fingerprint density at radius 3 is 2.76 bits per heavy atom. The summed E-state index contributed by atoms with van der Waals surface area (Å²) in [5.74, 6) is 0. The Labute approximate surface area is 147 Å². The lowest BCUT2D eigenvalue weighted by Crippen LogP contribution is -2.43. The van der Waals surface area contributed by atoms with Crippen LogP contribution in [0.2, 0.25) is 0 Å². The molecule has 2 N–H and O–H groups in total. The molecule has 0 spiro atoms. The number of hydrogen-bond donors (Lipinski definition) is 2. The first-order chi connectivity index (χ1) is 12.3. The Morgan fingerprint density at radius 2 is 1.88 bits per heavy atom. The fourth-order valence-corrected chi connectivity index (χ4v) is 3.58. The minimum Gasteiger partial charge on any atom is -0.358 e. The highest BCUT2D eigenvalue weighted by molar-refractivity contribution is 5.85. The molecule has 0 aliphatic carbocycles. The molecule has 1 aliphatic rings. The van der Waals surface area contributed by atoms with E-state index in [1.54, 1.807) is 0 Å². The average molecular weight is 333 g/mol. The van der Waals surface area contributed by atoms with Gasteiger partial charge in [-0.2, -0.15) is 0 Å². The molecular weight excluding hydrogens is 310 g/mol. The summed E-state index contributed by atoms with van der Waals surface area (Å²) in [4.78, 5) is 17.9. The number of nitrogens with zero attached hydrogens (tertiary/aromatic N) is 1. The van der Waals surface area contributed by atoms with Crippen LogP contribution in [0.3, 0.4) is 0 Å². The van der Waals surface area contributed by atoms with Gasteiger partial charge >= 0.3 is 6.03 Å². The molecule has 0 fully saturated rings. The molecule has 4 rings (SSSR count). The van der Waals surface area contributed by atoms with Crippen molar-refractivity contribution in [2.45, 2.75) is 25.8 Å². The number of benzene rings is 2. The highest BCUT2D eigenvalue weighted by Gasteiger charge is 2.23. The van der Waals surface area contributed by atoms with Crippen LogP contribution >= 0.6 is 0 Å². The number of urea groups is 1. The Kier molecular flexibility index (Phi) is 4.42. The third-order valence-electron chi connectivity index (χ3n) is 4.93. The first-order valence-electron chi connectivity index (χ1n) is 8.96. The van der Waals surface area contributed by atoms with E-state index in [1.165, 1.54) is 22.2 Å². The smallest absolute Gasteiger partial charge is 0.317 e. The summed E-state index contributed by atoms with van der Waals surface area (Å²) < 4.78 is 0. The van der Waals surface area contributed by atoms with E-state index in [9.17, 15) is 4.79 Å². The Morgan fingerprint density at radius 1 is 1.08 bits per heavy atom. The lowest BCUT2D eigenvalue weighted by Gasteiger charge is -2.27. The van der Waals surface area contributed by atoms with Crippen molar-refractivity contribution in [3.05, 3.63) is 71.4 Å². The number of amides is 2. The van der Waals surface area contributed by atoms with Gasteiger partial charge in [-0.15, -0.1) is 0 Å². The molecule has 1 aliphatic heterocycles. The van der Waals surface area contributed by atoms with Gasteiger partial charge < -0.3 is 15.2 Å². The highest BCUT2D eigenvalue weighted by Crippen LogP contribution is 2.27. The number of aromatic nitrogens is 1. The van der Waals surface area contributed by atoms with E-state index in [4.69, 9.17) is 0 Å². The van der Waals surface area contributed by atoms with E-state index in [0.29, 0.717) is 13.1 Å². The second kappa shape index (κ2) is 7.01. The fraction of sp³-hybridized carbons (Fsp3) is 0.286. The number of aryl methyl sites for hydroxylation is 1. The number of rotatable bonds is 4. The van der Waals surface area contributed by atoms with Crippen LogP contribution in [0.1, 0.15) is 23.2 Å². The van der Waals surface area contributed by atoms with Crippen molar-refractivity contribution in [2.75, 3.05) is 13.1 Å². The molecule has 128 valence electrons. The maximum atomic E-state index is 12.5. The molecule has 3 aromatic rings. The maximum Gasteiger partial charge on any atom is 0.317 e. The van der Waals surface area contributed by atoms with Gasteiger partial charge in [-0.25, -0.2) is 4.79 Å². The highest BCUT2D eigenvalue weighted by atomic mass is 16.2. The van der Waals surface area contributed by atoms with Gasteiger partial charge in [-0.1, -0.05) is 48.5 Å². The van der Waals surface area contributed by atoms with Gasteiger partial charge in [0, 0.05) is 48.2 Å². The molecule has 2 aromatic carbocycles. The zero-order valence-electron chi connectivity index (χ0n) is 14.3. The molecule has 0 radical (unpaired) electrons. The predicted molar refractivity (Wildman–Crippen MR) is 101 cm³/mol. The van der Waals surface area contributed by atoms with Gasteiger partial charge in [-0.05, 0) is 24.5 Å². The van der Waals surface area contributed by atoms with E-state index < -0.39 is 0 Å². The zero-order chi connectivity index (χ0) is 17.1. The molecule has 0 saturated heterocycles. The van der Waals surface area contributed by atoms with Gasteiger partial charge in [0.1, 0.15) is 0 Å². The van der Waals surface area contributed by atoms with Crippen LogP contribution < -0.4 is 5.32 Å². The molecule has 4 heteroatoms. The zero-order valence-corrected chi connectivity index (χ0v) is 14.3. The number of carbonyl (C=O) groups is 1. The second-order valence-electron chi connectivity index (χ2n) is 6.62. The van der Waals surface area contributed by atoms with Crippen LogP contribution in [0.25, 0.3) is 10.9 Å².